The van der Waals surface area contributed by atoms with Gasteiger partial charge in [0.15, 0.2) is 5.78 Å². The minimum atomic E-state index is -1.17. The summed E-state index contributed by atoms with van der Waals surface area (Å²) >= 11 is 7.13. The predicted octanol–water partition coefficient (Wildman–Crippen LogP) is 6.06. The zero-order valence-electron chi connectivity index (χ0n) is 19.0. The second kappa shape index (κ2) is 10.8. The first kappa shape index (κ1) is 24.6. The Morgan fingerprint density at radius 2 is 1.88 bits per heavy atom. The normalized spacial score (nSPS) is 27.9. The fraction of sp³-hybridized carbons (Fsp3) is 0.393. The van der Waals surface area contributed by atoms with Crippen molar-refractivity contribution in [3.63, 3.8) is 0 Å². The number of nitrogens with zero attached hydrogens (tertiary/aromatic N) is 1. The lowest BCUT2D eigenvalue weighted by Crippen LogP contribution is -2.53. The fourth-order valence-corrected chi connectivity index (χ4v) is 5.48. The van der Waals surface area contributed by atoms with Gasteiger partial charge < -0.3 is 10.0 Å². The standard InChI is InChI=1S/C28H31Br2NO2/c1-20-18-22(9-14-26(20)30)27(32)25-19-31(16-5-8-21-6-3-2-4-7-21)17-15-28(25,33)23-10-12-24(29)13-11-23/h2-4,6-7,9-14,18,20,25-26,33H,5,8,15-17,19H2,1H3/t20?,25?,26?,28-/m1/s1. The SMILES string of the molecule is CC1C=C(C(=O)C2CN(CCCc3ccccc3)CC[C@@]2(O)c2ccc(Br)cc2)C=CC1Br. The molecule has 1 heterocycles. The summed E-state index contributed by atoms with van der Waals surface area (Å²) in [7, 11) is 0. The highest BCUT2D eigenvalue weighted by atomic mass is 79.9. The van der Waals surface area contributed by atoms with E-state index < -0.39 is 11.5 Å². The van der Waals surface area contributed by atoms with E-state index in [1.165, 1.54) is 5.56 Å². The summed E-state index contributed by atoms with van der Waals surface area (Å²) in [5, 5.41) is 11.9. The van der Waals surface area contributed by atoms with Crippen molar-refractivity contribution >= 4 is 37.6 Å². The lowest BCUT2D eigenvalue weighted by molar-refractivity contribution is -0.137. The van der Waals surface area contributed by atoms with E-state index in [4.69, 9.17) is 0 Å². The lowest BCUT2D eigenvalue weighted by atomic mass is 9.72. The third-order valence-corrected chi connectivity index (χ3v) is 8.63. The summed E-state index contributed by atoms with van der Waals surface area (Å²) in [6.45, 7) is 4.37. The van der Waals surface area contributed by atoms with Crippen LogP contribution in [0.2, 0.25) is 0 Å². The molecule has 1 fully saturated rings. The predicted molar refractivity (Wildman–Crippen MR) is 141 cm³/mol. The van der Waals surface area contributed by atoms with E-state index in [0.717, 1.165) is 36.0 Å². The van der Waals surface area contributed by atoms with E-state index in [2.05, 4.69) is 67.9 Å². The van der Waals surface area contributed by atoms with Crippen LogP contribution >= 0.6 is 31.9 Å². The number of carbonyl (C=O) groups is 1. The van der Waals surface area contributed by atoms with E-state index in [1.807, 2.05) is 48.6 Å². The molecule has 1 N–H and O–H groups in total. The monoisotopic (exact) mass is 571 g/mol. The number of aryl methyl sites for hydroxylation is 1. The average molecular weight is 573 g/mol. The third-order valence-electron chi connectivity index (χ3n) is 6.96. The van der Waals surface area contributed by atoms with Crippen LogP contribution in [0.25, 0.3) is 0 Å². The van der Waals surface area contributed by atoms with Crippen molar-refractivity contribution in [2.45, 2.75) is 36.6 Å². The van der Waals surface area contributed by atoms with Gasteiger partial charge in [0.25, 0.3) is 0 Å². The van der Waals surface area contributed by atoms with Gasteiger partial charge in [0, 0.05) is 28.0 Å². The molecule has 2 aliphatic rings. The van der Waals surface area contributed by atoms with Gasteiger partial charge in [-0.25, -0.2) is 0 Å². The van der Waals surface area contributed by atoms with Crippen LogP contribution in [0.3, 0.4) is 0 Å². The summed E-state index contributed by atoms with van der Waals surface area (Å²) in [5.74, 6) is -0.227. The van der Waals surface area contributed by atoms with E-state index in [1.54, 1.807) is 0 Å². The molecule has 0 bridgehead atoms. The number of halogens is 2. The quantitative estimate of drug-likeness (QED) is 0.410. The van der Waals surface area contributed by atoms with Gasteiger partial charge in [-0.1, -0.05) is 99.5 Å². The zero-order chi connectivity index (χ0) is 23.4. The maximum absolute atomic E-state index is 13.8. The summed E-state index contributed by atoms with van der Waals surface area (Å²) in [5.41, 5.74) is 1.70. The molecule has 3 unspecified atom stereocenters. The van der Waals surface area contributed by atoms with Gasteiger partial charge >= 0.3 is 0 Å². The van der Waals surface area contributed by atoms with E-state index >= 15 is 0 Å². The largest absolute Gasteiger partial charge is 0.384 e. The highest BCUT2D eigenvalue weighted by Crippen LogP contribution is 2.40. The molecule has 0 radical (unpaired) electrons. The van der Waals surface area contributed by atoms with Crippen LogP contribution < -0.4 is 0 Å². The Morgan fingerprint density at radius 1 is 1.15 bits per heavy atom. The number of alkyl halides is 1. The molecule has 33 heavy (non-hydrogen) atoms. The average Bonchev–Trinajstić information content (AvgIpc) is 2.82. The molecule has 5 heteroatoms. The van der Waals surface area contributed by atoms with Crippen LogP contribution in [0.4, 0.5) is 0 Å². The molecule has 0 aromatic heterocycles. The molecule has 2 aromatic carbocycles. The Hall–Kier alpha value is -1.53. The molecular weight excluding hydrogens is 542 g/mol. The number of ketones is 1. The number of Topliss-reactive ketones (excluding diaryl/α,β-unsaturated/α-hetero) is 1. The van der Waals surface area contributed by atoms with Crippen molar-refractivity contribution in [1.82, 2.24) is 4.90 Å². The molecular formula is C28H31Br2NO2. The van der Waals surface area contributed by atoms with Gasteiger partial charge in [-0.15, -0.1) is 0 Å². The second-order valence-electron chi connectivity index (χ2n) is 9.27. The van der Waals surface area contributed by atoms with Crippen LogP contribution in [0.1, 0.15) is 30.9 Å². The van der Waals surface area contributed by atoms with Gasteiger partial charge in [-0.2, -0.15) is 0 Å². The van der Waals surface area contributed by atoms with Crippen LogP contribution in [0, 0.1) is 11.8 Å². The van der Waals surface area contributed by atoms with Crippen molar-refractivity contribution in [2.24, 2.45) is 11.8 Å². The third kappa shape index (κ3) is 5.76. The summed E-state index contributed by atoms with van der Waals surface area (Å²) in [4.78, 5) is 16.4. The number of carbonyl (C=O) groups excluding carboxylic acids is 1. The molecule has 2 aromatic rings. The molecule has 0 amide bonds. The van der Waals surface area contributed by atoms with Crippen molar-refractivity contribution in [3.05, 3.63) is 94.0 Å². The van der Waals surface area contributed by atoms with Crippen LogP contribution in [-0.4, -0.2) is 40.3 Å². The summed E-state index contributed by atoms with van der Waals surface area (Å²) in [6.07, 6.45) is 8.59. The molecule has 1 aliphatic heterocycles. The highest BCUT2D eigenvalue weighted by Gasteiger charge is 2.47. The maximum Gasteiger partial charge on any atom is 0.170 e. The molecule has 1 saturated heterocycles. The van der Waals surface area contributed by atoms with E-state index in [0.29, 0.717) is 18.5 Å². The molecule has 1 aliphatic carbocycles. The highest BCUT2D eigenvalue weighted by molar-refractivity contribution is 9.10. The van der Waals surface area contributed by atoms with Crippen LogP contribution in [0.15, 0.2) is 82.9 Å². The Kier molecular flexibility index (Phi) is 8.06. The number of piperidine rings is 1. The topological polar surface area (TPSA) is 40.5 Å². The minimum Gasteiger partial charge on any atom is -0.384 e. The first-order valence-electron chi connectivity index (χ1n) is 11.7. The van der Waals surface area contributed by atoms with Crippen molar-refractivity contribution < 1.29 is 9.90 Å². The second-order valence-corrected chi connectivity index (χ2v) is 11.2. The van der Waals surface area contributed by atoms with E-state index in [-0.39, 0.29) is 16.5 Å². The molecule has 3 nitrogen and oxygen atoms in total. The summed E-state index contributed by atoms with van der Waals surface area (Å²) < 4.78 is 0.964. The molecule has 0 saturated carbocycles. The van der Waals surface area contributed by atoms with Crippen LogP contribution in [0.5, 0.6) is 0 Å². The molecule has 4 atom stereocenters. The number of hydrogen-bond acceptors (Lipinski definition) is 3. The number of hydrogen-bond donors (Lipinski definition) is 1. The lowest BCUT2D eigenvalue weighted by Gasteiger charge is -2.44. The van der Waals surface area contributed by atoms with Gasteiger partial charge in [-0.05, 0) is 55.0 Å². The van der Waals surface area contributed by atoms with Crippen molar-refractivity contribution in [1.29, 1.82) is 0 Å². The number of allylic oxidation sites excluding steroid dienone is 4. The van der Waals surface area contributed by atoms with Crippen molar-refractivity contribution in [2.75, 3.05) is 19.6 Å². The maximum atomic E-state index is 13.8. The van der Waals surface area contributed by atoms with E-state index in [9.17, 15) is 9.90 Å². The Bertz CT molecular complexity index is 1020. The Balaban J connectivity index is 1.54. The van der Waals surface area contributed by atoms with Gasteiger partial charge in [0.2, 0.25) is 0 Å². The fourth-order valence-electron chi connectivity index (χ4n) is 4.91. The number of rotatable bonds is 7. The first-order valence-corrected chi connectivity index (χ1v) is 13.4. The van der Waals surface area contributed by atoms with Crippen LogP contribution in [-0.2, 0) is 16.8 Å². The minimum absolute atomic E-state index is 0.0377. The zero-order valence-corrected chi connectivity index (χ0v) is 22.1. The Labute approximate surface area is 213 Å². The number of benzene rings is 2. The van der Waals surface area contributed by atoms with Crippen molar-refractivity contribution in [3.8, 4) is 0 Å². The smallest absolute Gasteiger partial charge is 0.170 e. The van der Waals surface area contributed by atoms with Gasteiger partial charge in [-0.3, -0.25) is 4.79 Å². The molecule has 0 spiro atoms. The molecule has 174 valence electrons. The first-order chi connectivity index (χ1) is 15.9. The molecule has 4 rings (SSSR count). The Morgan fingerprint density at radius 3 is 2.58 bits per heavy atom. The number of aliphatic hydroxyl groups is 1. The number of likely N-dealkylation sites (tertiary alicyclic amines) is 1. The summed E-state index contributed by atoms with van der Waals surface area (Å²) in [6, 6.07) is 18.3. The van der Waals surface area contributed by atoms with Gasteiger partial charge in [0.05, 0.1) is 5.92 Å². The van der Waals surface area contributed by atoms with Gasteiger partial charge in [0.1, 0.15) is 5.60 Å².